The largest absolute Gasteiger partial charge is 0.334 e. The minimum absolute atomic E-state index is 0.394. The van der Waals surface area contributed by atoms with Crippen molar-refractivity contribution in [3.63, 3.8) is 0 Å². The third-order valence-electron chi connectivity index (χ3n) is 5.46. The Morgan fingerprint density at radius 1 is 0.821 bits per heavy atom. The lowest BCUT2D eigenvalue weighted by atomic mass is 9.91. The van der Waals surface area contributed by atoms with E-state index in [0.29, 0.717) is 19.4 Å². The van der Waals surface area contributed by atoms with E-state index in [-0.39, 0.29) is 0 Å². The van der Waals surface area contributed by atoms with Gasteiger partial charge in [0.15, 0.2) is 0 Å². The molecule has 0 N–H and O–H groups in total. The number of rotatable bonds is 18. The average molecular weight is 417 g/mol. The van der Waals surface area contributed by atoms with Gasteiger partial charge < -0.3 is 9.05 Å². The molecule has 0 aromatic heterocycles. The Morgan fingerprint density at radius 2 is 1.29 bits per heavy atom. The molecule has 0 bridgehead atoms. The second kappa shape index (κ2) is 16.7. The predicted octanol–water partition coefficient (Wildman–Crippen LogP) is 8.64. The summed E-state index contributed by atoms with van der Waals surface area (Å²) in [4.78, 5) is 0. The number of hydrogen-bond donors (Lipinski definition) is 0. The molecule has 0 rings (SSSR count). The molecule has 28 heavy (non-hydrogen) atoms. The Kier molecular flexibility index (Phi) is 16.6. The normalized spacial score (nSPS) is 15.2. The van der Waals surface area contributed by atoms with Gasteiger partial charge in [-0.05, 0) is 51.4 Å². The van der Waals surface area contributed by atoms with E-state index in [1.54, 1.807) is 0 Å². The fraction of sp³-hybridized carbons (Fsp3) is 0.917. The van der Waals surface area contributed by atoms with E-state index < -0.39 is 7.60 Å². The highest BCUT2D eigenvalue weighted by atomic mass is 31.2. The van der Waals surface area contributed by atoms with Crippen LogP contribution in [0.25, 0.3) is 0 Å². The van der Waals surface area contributed by atoms with Crippen LogP contribution in [0.4, 0.5) is 0 Å². The van der Waals surface area contributed by atoms with Gasteiger partial charge in [0.05, 0.1) is 19.4 Å². The van der Waals surface area contributed by atoms with Gasteiger partial charge in [0.25, 0.3) is 0 Å². The highest BCUT2D eigenvalue weighted by molar-refractivity contribution is 7.54. The monoisotopic (exact) mass is 416 g/mol. The van der Waals surface area contributed by atoms with Crippen LogP contribution < -0.4 is 0 Å². The Bertz CT molecular complexity index is 435. The maximum Gasteiger partial charge on any atom is 0.334 e. The molecule has 0 saturated heterocycles. The lowest BCUT2D eigenvalue weighted by Gasteiger charge is -2.16. The van der Waals surface area contributed by atoms with Crippen molar-refractivity contribution in [2.24, 2.45) is 17.8 Å². The highest BCUT2D eigenvalue weighted by Crippen LogP contribution is 2.48. The summed E-state index contributed by atoms with van der Waals surface area (Å²) < 4.78 is 23.2. The minimum atomic E-state index is -2.94. The molecule has 0 aliphatic carbocycles. The molecule has 0 saturated carbocycles. The topological polar surface area (TPSA) is 35.5 Å². The van der Waals surface area contributed by atoms with Crippen molar-refractivity contribution in [3.8, 4) is 0 Å². The highest BCUT2D eigenvalue weighted by Gasteiger charge is 2.21. The summed E-state index contributed by atoms with van der Waals surface area (Å²) in [5.74, 6) is 2.52. The van der Waals surface area contributed by atoms with Gasteiger partial charge >= 0.3 is 7.60 Å². The van der Waals surface area contributed by atoms with E-state index >= 15 is 0 Å². The molecule has 2 atom stereocenters. The van der Waals surface area contributed by atoms with E-state index in [1.807, 2.05) is 13.8 Å². The van der Waals surface area contributed by atoms with Crippen molar-refractivity contribution in [1.82, 2.24) is 0 Å². The van der Waals surface area contributed by atoms with Crippen LogP contribution in [-0.4, -0.2) is 19.4 Å². The van der Waals surface area contributed by atoms with Crippen molar-refractivity contribution in [1.29, 1.82) is 0 Å². The van der Waals surface area contributed by atoms with Gasteiger partial charge in [-0.2, -0.15) is 0 Å². The van der Waals surface area contributed by atoms with Gasteiger partial charge in [-0.1, -0.05) is 84.3 Å². The second-order valence-electron chi connectivity index (χ2n) is 9.04. The summed E-state index contributed by atoms with van der Waals surface area (Å²) in [5.41, 5.74) is 1.30. The molecule has 0 spiro atoms. The Hall–Kier alpha value is -0.110. The molecule has 0 amide bonds. The smallest absolute Gasteiger partial charge is 0.309 e. The fourth-order valence-corrected chi connectivity index (χ4v) is 5.22. The SMILES string of the molecule is CCOP(=O)(CC=C(C)CCCC(C)CCCC(C)CCCC(C)C)OCC. The van der Waals surface area contributed by atoms with Crippen molar-refractivity contribution >= 4 is 7.60 Å². The summed E-state index contributed by atoms with van der Waals surface area (Å²) in [7, 11) is -2.94. The third-order valence-corrected chi connectivity index (χ3v) is 7.39. The van der Waals surface area contributed by atoms with Gasteiger partial charge in [-0.25, -0.2) is 0 Å². The molecule has 0 aliphatic heterocycles. The van der Waals surface area contributed by atoms with Crippen molar-refractivity contribution in [3.05, 3.63) is 11.6 Å². The maximum atomic E-state index is 12.5. The van der Waals surface area contributed by atoms with E-state index in [1.165, 1.54) is 56.9 Å². The quantitative estimate of drug-likeness (QED) is 0.166. The zero-order valence-corrected chi connectivity index (χ0v) is 20.9. The number of hydrogen-bond acceptors (Lipinski definition) is 3. The molecule has 4 heteroatoms. The lowest BCUT2D eigenvalue weighted by molar-refractivity contribution is 0.222. The minimum Gasteiger partial charge on any atom is -0.309 e. The Morgan fingerprint density at radius 3 is 1.75 bits per heavy atom. The van der Waals surface area contributed by atoms with E-state index in [2.05, 4.69) is 40.7 Å². The van der Waals surface area contributed by atoms with Gasteiger partial charge in [0, 0.05) is 0 Å². The Balaban J connectivity index is 3.94. The molecule has 0 fully saturated rings. The summed E-state index contributed by atoms with van der Waals surface area (Å²) in [5, 5.41) is 0. The maximum absolute atomic E-state index is 12.5. The third kappa shape index (κ3) is 15.8. The van der Waals surface area contributed by atoms with Gasteiger partial charge in [0.2, 0.25) is 0 Å². The molecular weight excluding hydrogens is 367 g/mol. The first kappa shape index (κ1) is 27.9. The molecule has 0 aliphatic rings. The summed E-state index contributed by atoms with van der Waals surface area (Å²) in [6.45, 7) is 16.1. The van der Waals surface area contributed by atoms with E-state index in [9.17, 15) is 4.57 Å². The van der Waals surface area contributed by atoms with Crippen LogP contribution >= 0.6 is 7.60 Å². The first-order valence-electron chi connectivity index (χ1n) is 11.8. The van der Waals surface area contributed by atoms with Crippen molar-refractivity contribution in [2.75, 3.05) is 19.4 Å². The standard InChI is InChI=1S/C24H49O3P/c1-8-26-28(25,27-9-2)20-19-24(7)18-12-17-23(6)16-11-15-22(5)14-10-13-21(3)4/h19,21-23H,8-18,20H2,1-7H3. The van der Waals surface area contributed by atoms with Gasteiger partial charge in [0.1, 0.15) is 0 Å². The lowest BCUT2D eigenvalue weighted by Crippen LogP contribution is -2.00. The van der Waals surface area contributed by atoms with Crippen molar-refractivity contribution < 1.29 is 13.6 Å². The summed E-state index contributed by atoms with van der Waals surface area (Å²) in [6.07, 6.45) is 14.3. The number of allylic oxidation sites excluding steroid dienone is 2. The molecular formula is C24H49O3P. The Labute approximate surface area is 176 Å². The van der Waals surface area contributed by atoms with Gasteiger partial charge in [-0.3, -0.25) is 4.57 Å². The molecule has 2 unspecified atom stereocenters. The predicted molar refractivity (Wildman–Crippen MR) is 124 cm³/mol. The molecule has 0 aromatic carbocycles. The first-order chi connectivity index (χ1) is 13.2. The second-order valence-corrected chi connectivity index (χ2v) is 11.1. The van der Waals surface area contributed by atoms with Crippen LogP contribution in [0.15, 0.2) is 11.6 Å². The molecule has 3 nitrogen and oxygen atoms in total. The van der Waals surface area contributed by atoms with Crippen LogP contribution in [-0.2, 0) is 13.6 Å². The van der Waals surface area contributed by atoms with Crippen LogP contribution in [0.2, 0.25) is 0 Å². The van der Waals surface area contributed by atoms with Crippen LogP contribution in [0.5, 0.6) is 0 Å². The van der Waals surface area contributed by atoms with Gasteiger partial charge in [-0.15, -0.1) is 0 Å². The van der Waals surface area contributed by atoms with Crippen molar-refractivity contribution in [2.45, 2.75) is 106 Å². The van der Waals surface area contributed by atoms with Crippen LogP contribution in [0, 0.1) is 17.8 Å². The van der Waals surface area contributed by atoms with E-state index in [0.717, 1.165) is 24.2 Å². The average Bonchev–Trinajstić information content (AvgIpc) is 2.60. The molecule has 168 valence electrons. The molecule has 0 aromatic rings. The zero-order chi connectivity index (χ0) is 21.4. The molecule has 0 heterocycles. The summed E-state index contributed by atoms with van der Waals surface area (Å²) >= 11 is 0. The van der Waals surface area contributed by atoms with E-state index in [4.69, 9.17) is 9.05 Å². The van der Waals surface area contributed by atoms with Crippen LogP contribution in [0.1, 0.15) is 106 Å². The fourth-order valence-electron chi connectivity index (χ4n) is 3.61. The van der Waals surface area contributed by atoms with Crippen LogP contribution in [0.3, 0.4) is 0 Å². The zero-order valence-electron chi connectivity index (χ0n) is 20.0. The first-order valence-corrected chi connectivity index (χ1v) is 13.5. The molecule has 0 radical (unpaired) electrons. The summed E-state index contributed by atoms with van der Waals surface area (Å²) in [6, 6.07) is 0.